The van der Waals surface area contributed by atoms with E-state index >= 15 is 0 Å². The zero-order valence-corrected chi connectivity index (χ0v) is 15.4. The van der Waals surface area contributed by atoms with Gasteiger partial charge in [0.1, 0.15) is 10.5 Å². The fourth-order valence-corrected chi connectivity index (χ4v) is 5.61. The molecule has 5 N–H and O–H groups in total. The first-order chi connectivity index (χ1) is 10.6. The molecule has 3 aromatic heterocycles. The average Bonchev–Trinajstić information content (AvgIpc) is 3.17. The average molecular weight is 417 g/mol. The van der Waals surface area contributed by atoms with Crippen LogP contribution in [0.25, 0.3) is 10.2 Å². The highest BCUT2D eigenvalue weighted by atomic mass is 79.9. The molecule has 3 aromatic rings. The number of hydrogen-bond acceptors (Lipinski definition) is 7. The normalized spacial score (nSPS) is 12.6. The highest BCUT2D eigenvalue weighted by Crippen LogP contribution is 2.42. The van der Waals surface area contributed by atoms with Crippen molar-refractivity contribution in [3.05, 3.63) is 31.7 Å². The molecule has 0 bridgehead atoms. The first kappa shape index (κ1) is 15.9. The van der Waals surface area contributed by atoms with Crippen LogP contribution in [0.4, 0.5) is 5.00 Å². The quantitative estimate of drug-likeness (QED) is 0.574. The molecule has 3 heterocycles. The number of nitrogens with one attached hydrogen (secondary N) is 1. The highest BCUT2D eigenvalue weighted by molar-refractivity contribution is 9.10. The van der Waals surface area contributed by atoms with Crippen molar-refractivity contribution >= 4 is 71.3 Å². The van der Waals surface area contributed by atoms with Crippen LogP contribution in [-0.4, -0.2) is 16.3 Å². The van der Waals surface area contributed by atoms with Gasteiger partial charge in [0.25, 0.3) is 0 Å². The van der Waals surface area contributed by atoms with Gasteiger partial charge in [0, 0.05) is 16.2 Å². The fraction of sp³-hybridized carbons (Fsp3) is 0.231. The third kappa shape index (κ3) is 3.18. The minimum absolute atomic E-state index is 0.423. The number of nitrogens with two attached hydrogens (primary N) is 2. The van der Waals surface area contributed by atoms with E-state index in [1.54, 1.807) is 22.7 Å². The Balaban J connectivity index is 1.82. The number of amides is 1. The second-order valence-corrected chi connectivity index (χ2v) is 8.38. The van der Waals surface area contributed by atoms with Crippen LogP contribution in [0.5, 0.6) is 0 Å². The number of anilines is 1. The first-order valence-corrected chi connectivity index (χ1v) is 9.70. The van der Waals surface area contributed by atoms with Crippen LogP contribution in [0.2, 0.25) is 0 Å². The number of nitrogens with zero attached hydrogens (tertiary/aromatic N) is 1. The van der Waals surface area contributed by atoms with Crippen LogP contribution >= 0.6 is 50.1 Å². The molecule has 9 heteroatoms. The van der Waals surface area contributed by atoms with E-state index in [4.69, 9.17) is 11.5 Å². The molecule has 1 unspecified atom stereocenters. The molecule has 3 rings (SSSR count). The molecule has 0 aliphatic heterocycles. The lowest BCUT2D eigenvalue weighted by Crippen LogP contribution is -2.37. The molecule has 1 atom stereocenters. The molecule has 1 amide bonds. The lowest BCUT2D eigenvalue weighted by Gasteiger charge is -2.05. The summed E-state index contributed by atoms with van der Waals surface area (Å²) in [5.41, 5.74) is 11.9. The number of thiophene rings is 2. The van der Waals surface area contributed by atoms with E-state index in [0.29, 0.717) is 6.42 Å². The van der Waals surface area contributed by atoms with Crippen molar-refractivity contribution < 1.29 is 4.79 Å². The second-order valence-electron chi connectivity index (χ2n) is 4.67. The Morgan fingerprint density at radius 3 is 3.00 bits per heavy atom. The summed E-state index contributed by atoms with van der Waals surface area (Å²) in [5.74, 6) is -0.494. The number of rotatable bonds is 6. The maximum Gasteiger partial charge on any atom is 0.234 e. The molecule has 116 valence electrons. The molecular formula is C13H13BrN4OS3. The van der Waals surface area contributed by atoms with Crippen LogP contribution in [0.1, 0.15) is 9.75 Å². The van der Waals surface area contributed by atoms with Gasteiger partial charge < -0.3 is 16.8 Å². The Bertz CT molecular complexity index is 796. The number of carbonyl (C=O) groups excluding carboxylic acids is 1. The van der Waals surface area contributed by atoms with E-state index < -0.39 is 11.9 Å². The van der Waals surface area contributed by atoms with Crippen LogP contribution in [0.15, 0.2) is 22.0 Å². The van der Waals surface area contributed by atoms with Crippen molar-refractivity contribution in [2.45, 2.75) is 19.0 Å². The Morgan fingerprint density at radius 2 is 2.32 bits per heavy atom. The number of fused-ring (bicyclic) bond motifs is 1. The van der Waals surface area contributed by atoms with Gasteiger partial charge in [0.05, 0.1) is 21.8 Å². The molecule has 0 aliphatic carbocycles. The molecule has 5 nitrogen and oxygen atoms in total. The van der Waals surface area contributed by atoms with Crippen molar-refractivity contribution in [1.82, 2.24) is 4.37 Å². The van der Waals surface area contributed by atoms with E-state index in [9.17, 15) is 4.79 Å². The number of halogens is 1. The van der Waals surface area contributed by atoms with Gasteiger partial charge in [-0.3, -0.25) is 4.79 Å². The van der Waals surface area contributed by atoms with Crippen LogP contribution in [-0.2, 0) is 17.8 Å². The van der Waals surface area contributed by atoms with E-state index in [-0.39, 0.29) is 0 Å². The molecular weight excluding hydrogens is 404 g/mol. The highest BCUT2D eigenvalue weighted by Gasteiger charge is 2.20. The summed E-state index contributed by atoms with van der Waals surface area (Å²) in [6.07, 6.45) is 0.423. The number of carbonyl (C=O) groups is 1. The lowest BCUT2D eigenvalue weighted by atomic mass is 10.2. The molecule has 0 spiro atoms. The molecule has 0 radical (unpaired) electrons. The fourth-order valence-electron chi connectivity index (χ4n) is 1.94. The first-order valence-electron chi connectivity index (χ1n) is 6.44. The summed E-state index contributed by atoms with van der Waals surface area (Å²) in [7, 11) is 0. The zero-order chi connectivity index (χ0) is 15.7. The molecule has 0 aliphatic rings. The van der Waals surface area contributed by atoms with Crippen molar-refractivity contribution in [2.24, 2.45) is 11.5 Å². The minimum atomic E-state index is -0.676. The zero-order valence-electron chi connectivity index (χ0n) is 11.3. The number of hydrogen-bond donors (Lipinski definition) is 3. The third-order valence-electron chi connectivity index (χ3n) is 3.10. The molecule has 0 saturated heterocycles. The van der Waals surface area contributed by atoms with Gasteiger partial charge in [-0.15, -0.1) is 22.7 Å². The molecule has 0 saturated carbocycles. The Labute approximate surface area is 147 Å². The Morgan fingerprint density at radius 1 is 1.50 bits per heavy atom. The summed E-state index contributed by atoms with van der Waals surface area (Å²) < 4.78 is 6.47. The summed E-state index contributed by atoms with van der Waals surface area (Å²) in [6.45, 7) is 0.778. The monoisotopic (exact) mass is 416 g/mol. The maximum absolute atomic E-state index is 11.1. The number of aromatic nitrogens is 1. The molecule has 22 heavy (non-hydrogen) atoms. The lowest BCUT2D eigenvalue weighted by molar-refractivity contribution is -0.119. The largest absolute Gasteiger partial charge is 0.370 e. The summed E-state index contributed by atoms with van der Waals surface area (Å²) in [4.78, 5) is 13.4. The SMILES string of the molecule is NC(=O)C(N)Cc1sc2c(NCc3cccs3)snc2c1Br. The molecule has 0 fully saturated rings. The smallest absolute Gasteiger partial charge is 0.234 e. The van der Waals surface area contributed by atoms with Crippen molar-refractivity contribution in [1.29, 1.82) is 0 Å². The maximum atomic E-state index is 11.1. The standard InChI is InChI=1S/C13H13BrN4OS3/c14-9-8(4-7(15)12(16)19)21-11-10(9)18-22-13(11)17-5-6-2-1-3-20-6/h1-3,7,17H,4-5,15H2,(H2,16,19). The minimum Gasteiger partial charge on any atom is -0.370 e. The summed E-state index contributed by atoms with van der Waals surface area (Å²) in [5, 5.41) is 6.51. The van der Waals surface area contributed by atoms with Crippen LogP contribution in [0, 0.1) is 0 Å². The number of primary amides is 1. The van der Waals surface area contributed by atoms with Gasteiger partial charge in [0.15, 0.2) is 0 Å². The second kappa shape index (κ2) is 6.63. The van der Waals surface area contributed by atoms with Crippen LogP contribution in [0.3, 0.4) is 0 Å². The van der Waals surface area contributed by atoms with E-state index in [2.05, 4.69) is 37.1 Å². The summed E-state index contributed by atoms with van der Waals surface area (Å²) in [6, 6.07) is 3.46. The van der Waals surface area contributed by atoms with Gasteiger partial charge in [-0.05, 0) is 38.9 Å². The van der Waals surface area contributed by atoms with Crippen LogP contribution < -0.4 is 16.8 Å². The van der Waals surface area contributed by atoms with E-state index in [0.717, 1.165) is 31.1 Å². The van der Waals surface area contributed by atoms with Crippen molar-refractivity contribution in [2.75, 3.05) is 5.32 Å². The molecule has 0 aromatic carbocycles. The Kier molecular flexibility index (Phi) is 4.79. The predicted molar refractivity (Wildman–Crippen MR) is 97.7 cm³/mol. The Hall–Kier alpha value is -1.00. The van der Waals surface area contributed by atoms with Crippen molar-refractivity contribution in [3.63, 3.8) is 0 Å². The van der Waals surface area contributed by atoms with E-state index in [1.807, 2.05) is 6.07 Å². The van der Waals surface area contributed by atoms with Crippen molar-refractivity contribution in [3.8, 4) is 0 Å². The van der Waals surface area contributed by atoms with Gasteiger partial charge in [-0.2, -0.15) is 4.37 Å². The summed E-state index contributed by atoms with van der Waals surface area (Å²) >= 11 is 8.31. The predicted octanol–water partition coefficient (Wildman–Crippen LogP) is 3.15. The van der Waals surface area contributed by atoms with Gasteiger partial charge in [-0.1, -0.05) is 6.07 Å². The third-order valence-corrected chi connectivity index (χ3v) is 7.25. The van der Waals surface area contributed by atoms with E-state index in [1.165, 1.54) is 16.4 Å². The van der Waals surface area contributed by atoms with Gasteiger partial charge in [0.2, 0.25) is 5.91 Å². The van der Waals surface area contributed by atoms with Gasteiger partial charge in [-0.25, -0.2) is 0 Å². The topological polar surface area (TPSA) is 94.0 Å². The van der Waals surface area contributed by atoms with Gasteiger partial charge >= 0.3 is 0 Å².